The van der Waals surface area contributed by atoms with Crippen molar-refractivity contribution >= 4 is 22.6 Å². The molecule has 7 heteroatoms. The van der Waals surface area contributed by atoms with E-state index in [-0.39, 0.29) is 23.2 Å². The summed E-state index contributed by atoms with van der Waals surface area (Å²) in [6.07, 6.45) is 2.17. The number of aromatic hydroxyl groups is 1. The van der Waals surface area contributed by atoms with Crippen LogP contribution in [0.15, 0.2) is 59.6 Å². The summed E-state index contributed by atoms with van der Waals surface area (Å²) in [5.74, 6) is 0.191. The molecule has 1 unspecified atom stereocenters. The molecule has 1 aromatic heterocycles. The smallest absolute Gasteiger partial charge is 0.165 e. The number of halogens is 1. The summed E-state index contributed by atoms with van der Waals surface area (Å²) >= 11 is 0. The zero-order valence-electron chi connectivity index (χ0n) is 14.0. The Morgan fingerprint density at radius 2 is 1.92 bits per heavy atom. The summed E-state index contributed by atoms with van der Waals surface area (Å²) in [6, 6.07) is 9.96. The van der Waals surface area contributed by atoms with Crippen LogP contribution in [-0.4, -0.2) is 26.0 Å². The monoisotopic (exact) mass is 352 g/mol. The standard InChI is InChI=1S/C19H17FN4O2/c1-2-3-16(21)23-18-14-9-8-13(25)10-15(14)22-19(24-18)17(26)11-4-6-12(20)7-5-11/h2-10,17,25-26H,1H3,(H2,21,22,23,24). The van der Waals surface area contributed by atoms with Gasteiger partial charge in [0.2, 0.25) is 0 Å². The first-order chi connectivity index (χ1) is 12.5. The number of rotatable bonds is 4. The molecule has 6 nitrogen and oxygen atoms in total. The van der Waals surface area contributed by atoms with E-state index in [4.69, 9.17) is 5.73 Å². The number of allylic oxidation sites excluding steroid dienone is 1. The Morgan fingerprint density at radius 3 is 2.62 bits per heavy atom. The second-order valence-corrected chi connectivity index (χ2v) is 5.60. The van der Waals surface area contributed by atoms with Crippen LogP contribution in [0.1, 0.15) is 24.4 Å². The van der Waals surface area contributed by atoms with Crippen molar-refractivity contribution in [1.82, 2.24) is 9.97 Å². The lowest BCUT2D eigenvalue weighted by molar-refractivity contribution is 0.210. The van der Waals surface area contributed by atoms with Crippen molar-refractivity contribution in [2.75, 3.05) is 0 Å². The van der Waals surface area contributed by atoms with Crippen molar-refractivity contribution in [2.45, 2.75) is 13.0 Å². The quantitative estimate of drug-likeness (QED) is 0.494. The topological polar surface area (TPSA) is 105 Å². The molecule has 26 heavy (non-hydrogen) atoms. The molecule has 0 radical (unpaired) electrons. The number of nitrogens with two attached hydrogens (primary N) is 1. The van der Waals surface area contributed by atoms with Crippen molar-refractivity contribution in [1.29, 1.82) is 0 Å². The third-order valence-corrected chi connectivity index (χ3v) is 3.68. The highest BCUT2D eigenvalue weighted by atomic mass is 19.1. The Kier molecular flexibility index (Phi) is 4.90. The van der Waals surface area contributed by atoms with Crippen LogP contribution >= 0.6 is 0 Å². The van der Waals surface area contributed by atoms with Crippen LogP contribution in [-0.2, 0) is 0 Å². The number of nitrogens with zero attached hydrogens (tertiary/aromatic N) is 3. The van der Waals surface area contributed by atoms with Crippen LogP contribution in [0.3, 0.4) is 0 Å². The van der Waals surface area contributed by atoms with Gasteiger partial charge < -0.3 is 15.9 Å². The molecule has 1 atom stereocenters. The molecule has 3 aromatic rings. The lowest BCUT2D eigenvalue weighted by Gasteiger charge is -2.12. The number of aliphatic hydroxyl groups is 1. The van der Waals surface area contributed by atoms with Crippen molar-refractivity contribution < 1.29 is 14.6 Å². The van der Waals surface area contributed by atoms with Crippen molar-refractivity contribution in [3.63, 3.8) is 0 Å². The van der Waals surface area contributed by atoms with Gasteiger partial charge in [-0.15, -0.1) is 0 Å². The van der Waals surface area contributed by atoms with E-state index in [1.54, 1.807) is 18.2 Å². The minimum absolute atomic E-state index is 0.0229. The third kappa shape index (κ3) is 3.68. The van der Waals surface area contributed by atoms with E-state index in [1.165, 1.54) is 36.4 Å². The molecule has 0 saturated carbocycles. The predicted molar refractivity (Wildman–Crippen MR) is 97.8 cm³/mol. The average Bonchev–Trinajstić information content (AvgIpc) is 2.61. The summed E-state index contributed by atoms with van der Waals surface area (Å²) in [6.45, 7) is 1.81. The molecule has 3 rings (SSSR count). The van der Waals surface area contributed by atoms with Gasteiger partial charge in [0.05, 0.1) is 5.52 Å². The minimum atomic E-state index is -1.18. The second kappa shape index (κ2) is 7.28. The Morgan fingerprint density at radius 1 is 1.19 bits per heavy atom. The number of aliphatic imine (C=N–C) groups is 1. The van der Waals surface area contributed by atoms with Crippen LogP contribution in [0.5, 0.6) is 5.75 Å². The van der Waals surface area contributed by atoms with Crippen LogP contribution in [0.4, 0.5) is 10.2 Å². The summed E-state index contributed by atoms with van der Waals surface area (Å²) in [5.41, 5.74) is 6.68. The first-order valence-electron chi connectivity index (χ1n) is 7.89. The first kappa shape index (κ1) is 17.5. The highest BCUT2D eigenvalue weighted by Crippen LogP contribution is 2.29. The van der Waals surface area contributed by atoms with E-state index >= 15 is 0 Å². The first-order valence-corrected chi connectivity index (χ1v) is 7.89. The summed E-state index contributed by atoms with van der Waals surface area (Å²) < 4.78 is 13.1. The molecule has 1 heterocycles. The number of hydrogen-bond acceptors (Lipinski definition) is 5. The molecule has 0 spiro atoms. The third-order valence-electron chi connectivity index (χ3n) is 3.68. The summed E-state index contributed by atoms with van der Waals surface area (Å²) in [5, 5.41) is 20.9. The Balaban J connectivity index is 2.16. The molecule has 0 bridgehead atoms. The van der Waals surface area contributed by atoms with Gasteiger partial charge in [-0.3, -0.25) is 0 Å². The Hall–Kier alpha value is -3.32. The largest absolute Gasteiger partial charge is 0.508 e. The van der Waals surface area contributed by atoms with E-state index in [0.717, 1.165) is 0 Å². The number of fused-ring (bicyclic) bond motifs is 1. The van der Waals surface area contributed by atoms with E-state index in [1.807, 2.05) is 6.92 Å². The number of aromatic nitrogens is 2. The average molecular weight is 352 g/mol. The molecule has 0 saturated heterocycles. The maximum atomic E-state index is 13.1. The molecule has 0 aliphatic carbocycles. The Bertz CT molecular complexity index is 1000. The zero-order valence-corrected chi connectivity index (χ0v) is 14.0. The number of hydrogen-bond donors (Lipinski definition) is 3. The molecular weight excluding hydrogens is 335 g/mol. The fourth-order valence-electron chi connectivity index (χ4n) is 2.45. The van der Waals surface area contributed by atoms with Gasteiger partial charge in [0.25, 0.3) is 0 Å². The predicted octanol–water partition coefficient (Wildman–Crippen LogP) is 3.12. The molecule has 0 amide bonds. The molecule has 132 valence electrons. The van der Waals surface area contributed by atoms with Gasteiger partial charge in [0.15, 0.2) is 11.6 Å². The Labute approximate surface area is 149 Å². The number of aliphatic hydroxyl groups excluding tert-OH is 1. The number of amidine groups is 1. The highest BCUT2D eigenvalue weighted by molar-refractivity contribution is 5.97. The number of benzene rings is 2. The number of phenols is 1. The summed E-state index contributed by atoms with van der Waals surface area (Å²) in [7, 11) is 0. The van der Waals surface area contributed by atoms with E-state index in [2.05, 4.69) is 15.0 Å². The fourth-order valence-corrected chi connectivity index (χ4v) is 2.45. The van der Waals surface area contributed by atoms with E-state index in [9.17, 15) is 14.6 Å². The molecular formula is C19H17FN4O2. The number of phenolic OH excluding ortho intramolecular Hbond substituents is 1. The van der Waals surface area contributed by atoms with Crippen LogP contribution in [0, 0.1) is 5.82 Å². The molecule has 2 aromatic carbocycles. The van der Waals surface area contributed by atoms with Gasteiger partial charge in [0, 0.05) is 11.5 Å². The van der Waals surface area contributed by atoms with Gasteiger partial charge in [0.1, 0.15) is 23.5 Å². The van der Waals surface area contributed by atoms with Gasteiger partial charge >= 0.3 is 0 Å². The van der Waals surface area contributed by atoms with Crippen molar-refractivity contribution in [2.24, 2.45) is 10.7 Å². The normalized spacial score (nSPS) is 13.4. The molecule has 0 aliphatic rings. The van der Waals surface area contributed by atoms with Crippen molar-refractivity contribution in [3.05, 3.63) is 71.8 Å². The summed E-state index contributed by atoms with van der Waals surface area (Å²) in [4.78, 5) is 12.9. The van der Waals surface area contributed by atoms with E-state index in [0.29, 0.717) is 16.5 Å². The lowest BCUT2D eigenvalue weighted by atomic mass is 10.1. The maximum Gasteiger partial charge on any atom is 0.165 e. The molecule has 0 aliphatic heterocycles. The van der Waals surface area contributed by atoms with Crippen LogP contribution in [0.2, 0.25) is 0 Å². The molecule has 4 N–H and O–H groups in total. The van der Waals surface area contributed by atoms with Gasteiger partial charge in [-0.25, -0.2) is 19.4 Å². The van der Waals surface area contributed by atoms with Crippen molar-refractivity contribution in [3.8, 4) is 5.75 Å². The van der Waals surface area contributed by atoms with Gasteiger partial charge in [-0.2, -0.15) is 0 Å². The van der Waals surface area contributed by atoms with E-state index < -0.39 is 11.9 Å². The zero-order chi connectivity index (χ0) is 18.7. The fraction of sp³-hybridized carbons (Fsp3) is 0.105. The van der Waals surface area contributed by atoms with Gasteiger partial charge in [-0.1, -0.05) is 18.2 Å². The SMILES string of the molecule is CC=CC(N)=Nc1nc(C(O)c2ccc(F)cc2)nc2cc(O)ccc12. The maximum absolute atomic E-state index is 13.1. The minimum Gasteiger partial charge on any atom is -0.508 e. The molecule has 0 fully saturated rings. The van der Waals surface area contributed by atoms with Crippen LogP contribution < -0.4 is 5.73 Å². The van der Waals surface area contributed by atoms with Gasteiger partial charge in [-0.05, 0) is 42.8 Å². The highest BCUT2D eigenvalue weighted by Gasteiger charge is 2.17. The second-order valence-electron chi connectivity index (χ2n) is 5.60. The van der Waals surface area contributed by atoms with Crippen LogP contribution in [0.25, 0.3) is 10.9 Å². The lowest BCUT2D eigenvalue weighted by Crippen LogP contribution is -2.09.